The van der Waals surface area contributed by atoms with Crippen LogP contribution in [-0.4, -0.2) is 61.5 Å². The van der Waals surface area contributed by atoms with Crippen molar-refractivity contribution in [2.75, 3.05) is 32.1 Å². The molecule has 1 aromatic rings. The lowest BCUT2D eigenvalue weighted by Crippen LogP contribution is -2.46. The van der Waals surface area contributed by atoms with E-state index in [2.05, 4.69) is 10.6 Å². The minimum absolute atomic E-state index is 0.109. The number of hydrogen-bond donors (Lipinski definition) is 2. The molecule has 9 nitrogen and oxygen atoms in total. The van der Waals surface area contributed by atoms with Gasteiger partial charge in [-0.15, -0.1) is 0 Å². The van der Waals surface area contributed by atoms with E-state index in [-0.39, 0.29) is 5.92 Å². The van der Waals surface area contributed by atoms with Gasteiger partial charge < -0.3 is 20.3 Å². The third-order valence-corrected chi connectivity index (χ3v) is 5.29. The summed E-state index contributed by atoms with van der Waals surface area (Å²) in [4.78, 5) is 51.2. The van der Waals surface area contributed by atoms with E-state index in [9.17, 15) is 19.2 Å². The molecule has 1 aliphatic carbocycles. The number of esters is 1. The third-order valence-electron chi connectivity index (χ3n) is 5.29. The summed E-state index contributed by atoms with van der Waals surface area (Å²) in [6.45, 7) is 0.996. The molecule has 1 heterocycles. The topological polar surface area (TPSA) is 108 Å². The molecule has 1 aromatic carbocycles. The fourth-order valence-electron chi connectivity index (χ4n) is 3.28. The number of imide groups is 1. The standard InChI is InChI=1S/C20H26N4O5/c1-20(14-6-7-14)18(27)24(19(28)22-20)11-17(26)29-12-16(25)21-10-13-4-8-15(9-5-13)23(2)3/h4-5,8-9,14H,6-7,10-12H2,1-3H3,(H,21,25)(H,22,28)/t20-/m1/s1. The molecule has 0 bridgehead atoms. The van der Waals surface area contributed by atoms with Gasteiger partial charge >= 0.3 is 12.0 Å². The van der Waals surface area contributed by atoms with Crippen LogP contribution in [0.25, 0.3) is 0 Å². The second kappa shape index (κ2) is 8.10. The monoisotopic (exact) mass is 402 g/mol. The smallest absolute Gasteiger partial charge is 0.326 e. The van der Waals surface area contributed by atoms with Crippen molar-refractivity contribution in [3.8, 4) is 0 Å². The lowest BCUT2D eigenvalue weighted by molar-refractivity contribution is -0.151. The van der Waals surface area contributed by atoms with Crippen molar-refractivity contribution in [1.82, 2.24) is 15.5 Å². The Morgan fingerprint density at radius 1 is 1.24 bits per heavy atom. The average molecular weight is 402 g/mol. The molecule has 2 fully saturated rings. The maximum absolute atomic E-state index is 12.5. The van der Waals surface area contributed by atoms with Crippen molar-refractivity contribution < 1.29 is 23.9 Å². The van der Waals surface area contributed by atoms with Gasteiger partial charge in [-0.2, -0.15) is 0 Å². The molecule has 1 atom stereocenters. The predicted molar refractivity (Wildman–Crippen MR) is 105 cm³/mol. The molecule has 1 saturated heterocycles. The number of hydrogen-bond acceptors (Lipinski definition) is 6. The first-order chi connectivity index (χ1) is 13.7. The zero-order valence-electron chi connectivity index (χ0n) is 16.9. The molecule has 4 amide bonds. The number of ether oxygens (including phenoxy) is 1. The number of anilines is 1. The molecule has 3 rings (SSSR count). The molecule has 0 spiro atoms. The van der Waals surface area contributed by atoms with E-state index in [0.29, 0.717) is 6.54 Å². The molecular weight excluding hydrogens is 376 g/mol. The van der Waals surface area contributed by atoms with Gasteiger partial charge in [0.05, 0.1) is 0 Å². The highest BCUT2D eigenvalue weighted by Gasteiger charge is 2.56. The van der Waals surface area contributed by atoms with E-state index in [1.54, 1.807) is 6.92 Å². The Balaban J connectivity index is 1.41. The van der Waals surface area contributed by atoms with Crippen molar-refractivity contribution in [1.29, 1.82) is 0 Å². The molecule has 1 aliphatic heterocycles. The van der Waals surface area contributed by atoms with E-state index in [4.69, 9.17) is 4.74 Å². The molecule has 156 valence electrons. The van der Waals surface area contributed by atoms with Crippen molar-refractivity contribution in [3.05, 3.63) is 29.8 Å². The second-order valence-corrected chi connectivity index (χ2v) is 7.80. The van der Waals surface area contributed by atoms with Crippen LogP contribution in [-0.2, 0) is 25.7 Å². The van der Waals surface area contributed by atoms with Crippen LogP contribution >= 0.6 is 0 Å². The van der Waals surface area contributed by atoms with Crippen LogP contribution in [0, 0.1) is 5.92 Å². The van der Waals surface area contributed by atoms with Gasteiger partial charge in [-0.3, -0.25) is 19.3 Å². The van der Waals surface area contributed by atoms with E-state index < -0.39 is 42.5 Å². The van der Waals surface area contributed by atoms with Crippen LogP contribution in [0.5, 0.6) is 0 Å². The first-order valence-electron chi connectivity index (χ1n) is 9.53. The molecule has 2 N–H and O–H groups in total. The number of amides is 4. The minimum Gasteiger partial charge on any atom is -0.454 e. The Morgan fingerprint density at radius 3 is 2.48 bits per heavy atom. The van der Waals surface area contributed by atoms with Crippen molar-refractivity contribution in [2.45, 2.75) is 31.8 Å². The normalized spacial score (nSPS) is 21.0. The van der Waals surface area contributed by atoms with Crippen LogP contribution in [0.3, 0.4) is 0 Å². The summed E-state index contributed by atoms with van der Waals surface area (Å²) in [7, 11) is 3.88. The number of carbonyl (C=O) groups excluding carboxylic acids is 4. The van der Waals surface area contributed by atoms with Crippen LogP contribution in [0.4, 0.5) is 10.5 Å². The van der Waals surface area contributed by atoms with E-state index in [1.807, 2.05) is 43.3 Å². The highest BCUT2D eigenvalue weighted by molar-refractivity contribution is 6.08. The fourth-order valence-corrected chi connectivity index (χ4v) is 3.28. The van der Waals surface area contributed by atoms with Crippen LogP contribution < -0.4 is 15.5 Å². The Morgan fingerprint density at radius 2 is 1.90 bits per heavy atom. The Kier molecular flexibility index (Phi) is 5.76. The van der Waals surface area contributed by atoms with Gasteiger partial charge in [0, 0.05) is 26.3 Å². The van der Waals surface area contributed by atoms with Gasteiger partial charge in [0.2, 0.25) is 0 Å². The summed E-state index contributed by atoms with van der Waals surface area (Å²) in [6, 6.07) is 7.07. The maximum atomic E-state index is 12.5. The summed E-state index contributed by atoms with van der Waals surface area (Å²) < 4.78 is 4.91. The SMILES string of the molecule is CN(C)c1ccc(CNC(=O)COC(=O)CN2C(=O)N[C@](C)(C3CC3)C2=O)cc1. The number of rotatable bonds is 8. The zero-order valence-corrected chi connectivity index (χ0v) is 16.9. The van der Waals surface area contributed by atoms with Crippen LogP contribution in [0.15, 0.2) is 24.3 Å². The number of nitrogens with zero attached hydrogens (tertiary/aromatic N) is 2. The second-order valence-electron chi connectivity index (χ2n) is 7.80. The largest absolute Gasteiger partial charge is 0.454 e. The third kappa shape index (κ3) is 4.67. The average Bonchev–Trinajstić information content (AvgIpc) is 3.51. The maximum Gasteiger partial charge on any atom is 0.326 e. The van der Waals surface area contributed by atoms with Gasteiger partial charge in [-0.05, 0) is 43.4 Å². The van der Waals surface area contributed by atoms with Crippen molar-refractivity contribution in [2.24, 2.45) is 5.92 Å². The molecule has 0 aromatic heterocycles. The summed E-state index contributed by atoms with van der Waals surface area (Å²) in [5.74, 6) is -1.58. The molecule has 9 heteroatoms. The van der Waals surface area contributed by atoms with Crippen LogP contribution in [0.2, 0.25) is 0 Å². The minimum atomic E-state index is -0.948. The number of nitrogens with one attached hydrogen (secondary N) is 2. The molecule has 1 saturated carbocycles. The summed E-state index contributed by atoms with van der Waals surface area (Å²) in [6.07, 6.45) is 1.75. The molecule has 0 unspecified atom stereocenters. The number of urea groups is 1. The highest BCUT2D eigenvalue weighted by Crippen LogP contribution is 2.42. The molecule has 2 aliphatic rings. The lowest BCUT2D eigenvalue weighted by Gasteiger charge is -2.20. The first-order valence-corrected chi connectivity index (χ1v) is 9.53. The zero-order chi connectivity index (χ0) is 21.2. The van der Waals surface area contributed by atoms with Gasteiger partial charge in [0.25, 0.3) is 11.8 Å². The Labute approximate surface area is 169 Å². The Bertz CT molecular complexity index is 819. The number of carbonyl (C=O) groups is 4. The van der Waals surface area contributed by atoms with Gasteiger partial charge in [-0.1, -0.05) is 12.1 Å². The lowest BCUT2D eigenvalue weighted by atomic mass is 9.96. The molecular formula is C20H26N4O5. The quantitative estimate of drug-likeness (QED) is 0.488. The van der Waals surface area contributed by atoms with Gasteiger partial charge in [0.1, 0.15) is 12.1 Å². The van der Waals surface area contributed by atoms with E-state index in [0.717, 1.165) is 29.0 Å². The predicted octanol–water partition coefficient (Wildman–Crippen LogP) is 0.633. The van der Waals surface area contributed by atoms with E-state index >= 15 is 0 Å². The summed E-state index contributed by atoms with van der Waals surface area (Å²) in [5, 5.41) is 5.32. The molecule has 29 heavy (non-hydrogen) atoms. The fraction of sp³-hybridized carbons (Fsp3) is 0.500. The Hall–Kier alpha value is -3.10. The summed E-state index contributed by atoms with van der Waals surface area (Å²) in [5.41, 5.74) is 1.01. The summed E-state index contributed by atoms with van der Waals surface area (Å²) >= 11 is 0. The van der Waals surface area contributed by atoms with Crippen LogP contribution in [0.1, 0.15) is 25.3 Å². The van der Waals surface area contributed by atoms with E-state index in [1.165, 1.54) is 0 Å². The highest BCUT2D eigenvalue weighted by atomic mass is 16.5. The van der Waals surface area contributed by atoms with Gasteiger partial charge in [0.15, 0.2) is 6.61 Å². The first kappa shape index (κ1) is 20.6. The van der Waals surface area contributed by atoms with Crippen molar-refractivity contribution in [3.63, 3.8) is 0 Å². The number of benzene rings is 1. The van der Waals surface area contributed by atoms with Gasteiger partial charge in [-0.25, -0.2) is 4.79 Å². The van der Waals surface area contributed by atoms with Crippen molar-refractivity contribution >= 4 is 29.5 Å². The molecule has 0 radical (unpaired) electrons.